The molecule has 4 rings (SSSR count). The second-order valence-corrected chi connectivity index (χ2v) is 6.69. The molecule has 4 aliphatic carbocycles. The minimum atomic E-state index is -0.318. The molecule has 0 aliphatic heterocycles. The Morgan fingerprint density at radius 3 is 2.40 bits per heavy atom. The molecule has 0 unspecified atom stereocenters. The molecule has 0 radical (unpaired) electrons. The molecule has 3 N–H and O–H groups in total. The van der Waals surface area contributed by atoms with E-state index >= 15 is 0 Å². The van der Waals surface area contributed by atoms with Gasteiger partial charge in [0.25, 0.3) is 0 Å². The molecule has 0 aromatic rings. The number of amides is 1. The quantitative estimate of drug-likeness (QED) is 0.757. The van der Waals surface area contributed by atoms with Crippen LogP contribution in [0.3, 0.4) is 0 Å². The van der Waals surface area contributed by atoms with Gasteiger partial charge in [-0.25, -0.2) is 4.79 Å². The molecule has 20 heavy (non-hydrogen) atoms. The smallest absolute Gasteiger partial charge is 0.408 e. The molecule has 1 atom stereocenters. The SMILES string of the molecule is C[C@H](C#CCN)NC(=O)OC1C2CC3CC(C2)CC1C3. The van der Waals surface area contributed by atoms with Crippen molar-refractivity contribution >= 4 is 6.09 Å². The first-order chi connectivity index (χ1) is 9.65. The van der Waals surface area contributed by atoms with Crippen molar-refractivity contribution in [1.29, 1.82) is 0 Å². The zero-order chi connectivity index (χ0) is 14.1. The number of hydrogen-bond donors (Lipinski definition) is 2. The maximum atomic E-state index is 12.0. The van der Waals surface area contributed by atoms with Crippen LogP contribution < -0.4 is 11.1 Å². The maximum absolute atomic E-state index is 12.0. The normalized spacial score (nSPS) is 38.8. The van der Waals surface area contributed by atoms with Gasteiger partial charge in [0.15, 0.2) is 0 Å². The average molecular weight is 276 g/mol. The minimum absolute atomic E-state index is 0.137. The lowest BCUT2D eigenvalue weighted by atomic mass is 9.55. The highest BCUT2D eigenvalue weighted by Gasteiger charge is 2.49. The third kappa shape index (κ3) is 2.78. The van der Waals surface area contributed by atoms with Crippen LogP contribution in [-0.4, -0.2) is 24.8 Å². The van der Waals surface area contributed by atoms with Crippen molar-refractivity contribution in [1.82, 2.24) is 5.32 Å². The Hall–Kier alpha value is -1.21. The molecule has 0 heterocycles. The monoisotopic (exact) mass is 276 g/mol. The Balaban J connectivity index is 1.54. The Bertz CT molecular complexity index is 409. The highest BCUT2D eigenvalue weighted by Crippen LogP contribution is 2.54. The van der Waals surface area contributed by atoms with Crippen LogP contribution in [0.25, 0.3) is 0 Å². The zero-order valence-corrected chi connectivity index (χ0v) is 12.1. The molecule has 4 nitrogen and oxygen atoms in total. The summed E-state index contributed by atoms with van der Waals surface area (Å²) in [7, 11) is 0. The van der Waals surface area contributed by atoms with E-state index < -0.39 is 0 Å². The van der Waals surface area contributed by atoms with E-state index in [1.807, 2.05) is 6.92 Å². The summed E-state index contributed by atoms with van der Waals surface area (Å²) < 4.78 is 5.73. The predicted octanol–water partition coefficient (Wildman–Crippen LogP) is 1.89. The van der Waals surface area contributed by atoms with E-state index in [0.717, 1.165) is 11.8 Å². The summed E-state index contributed by atoms with van der Waals surface area (Å²) in [6.07, 6.45) is 6.26. The van der Waals surface area contributed by atoms with E-state index in [1.54, 1.807) is 0 Å². The van der Waals surface area contributed by atoms with Crippen molar-refractivity contribution in [3.05, 3.63) is 0 Å². The average Bonchev–Trinajstić information content (AvgIpc) is 2.39. The van der Waals surface area contributed by atoms with Crippen LogP contribution in [-0.2, 0) is 4.74 Å². The van der Waals surface area contributed by atoms with Gasteiger partial charge in [-0.15, -0.1) is 0 Å². The van der Waals surface area contributed by atoms with Crippen molar-refractivity contribution in [2.75, 3.05) is 6.54 Å². The van der Waals surface area contributed by atoms with Crippen molar-refractivity contribution < 1.29 is 9.53 Å². The lowest BCUT2D eigenvalue weighted by Gasteiger charge is -2.53. The van der Waals surface area contributed by atoms with E-state index in [-0.39, 0.29) is 18.2 Å². The number of alkyl carbamates (subject to hydrolysis) is 1. The van der Waals surface area contributed by atoms with Gasteiger partial charge in [-0.05, 0) is 62.7 Å². The van der Waals surface area contributed by atoms with Gasteiger partial charge in [0.05, 0.1) is 12.6 Å². The predicted molar refractivity (Wildman–Crippen MR) is 76.7 cm³/mol. The fourth-order valence-corrected chi connectivity index (χ4v) is 4.65. The molecule has 110 valence electrons. The summed E-state index contributed by atoms with van der Waals surface area (Å²) in [5.74, 6) is 8.64. The highest BCUT2D eigenvalue weighted by atomic mass is 16.6. The second-order valence-electron chi connectivity index (χ2n) is 6.69. The van der Waals surface area contributed by atoms with E-state index in [1.165, 1.54) is 32.1 Å². The molecular weight excluding hydrogens is 252 g/mol. The Kier molecular flexibility index (Phi) is 3.89. The van der Waals surface area contributed by atoms with Crippen LogP contribution >= 0.6 is 0 Å². The molecule has 4 bridgehead atoms. The fourth-order valence-electron chi connectivity index (χ4n) is 4.65. The van der Waals surface area contributed by atoms with Crippen molar-refractivity contribution in [3.8, 4) is 11.8 Å². The summed E-state index contributed by atoms with van der Waals surface area (Å²) in [4.78, 5) is 12.0. The molecule has 0 aromatic carbocycles. The first-order valence-electron chi connectivity index (χ1n) is 7.81. The lowest BCUT2D eigenvalue weighted by molar-refractivity contribution is -0.0962. The van der Waals surface area contributed by atoms with Gasteiger partial charge in [0.2, 0.25) is 0 Å². The van der Waals surface area contributed by atoms with E-state index in [2.05, 4.69) is 17.2 Å². The summed E-state index contributed by atoms with van der Waals surface area (Å²) in [5, 5.41) is 2.78. The summed E-state index contributed by atoms with van der Waals surface area (Å²) in [6, 6.07) is -0.206. The van der Waals surface area contributed by atoms with Crippen LogP contribution in [0.5, 0.6) is 0 Å². The molecule has 4 aliphatic rings. The number of nitrogens with two attached hydrogens (primary N) is 1. The van der Waals surface area contributed by atoms with Gasteiger partial charge in [0, 0.05) is 0 Å². The largest absolute Gasteiger partial charge is 0.446 e. The van der Waals surface area contributed by atoms with E-state index in [0.29, 0.717) is 18.4 Å². The van der Waals surface area contributed by atoms with Gasteiger partial charge in [0.1, 0.15) is 6.10 Å². The van der Waals surface area contributed by atoms with Crippen LogP contribution in [0.4, 0.5) is 4.79 Å². The molecule has 1 amide bonds. The molecule has 0 spiro atoms. The summed E-state index contributed by atoms with van der Waals surface area (Å²) in [5.41, 5.74) is 5.32. The number of ether oxygens (including phenoxy) is 1. The van der Waals surface area contributed by atoms with Gasteiger partial charge in [-0.3, -0.25) is 0 Å². The zero-order valence-electron chi connectivity index (χ0n) is 12.1. The highest BCUT2D eigenvalue weighted by molar-refractivity contribution is 5.68. The van der Waals surface area contributed by atoms with Crippen LogP contribution in [0.15, 0.2) is 0 Å². The number of hydrogen-bond acceptors (Lipinski definition) is 3. The first kappa shape index (κ1) is 13.8. The lowest BCUT2D eigenvalue weighted by Crippen LogP contribution is -2.51. The summed E-state index contributed by atoms with van der Waals surface area (Å²) in [6.45, 7) is 2.16. The second kappa shape index (κ2) is 5.65. The number of carbonyl (C=O) groups is 1. The molecule has 0 aromatic heterocycles. The third-order valence-electron chi connectivity index (χ3n) is 5.14. The molecular formula is C16H24N2O2. The summed E-state index contributed by atoms with van der Waals surface area (Å²) >= 11 is 0. The van der Waals surface area contributed by atoms with Gasteiger partial charge in [-0.1, -0.05) is 11.8 Å². The minimum Gasteiger partial charge on any atom is -0.446 e. The standard InChI is InChI=1S/C16H24N2O2/c1-10(3-2-4-17)18-16(19)20-15-13-6-11-5-12(8-13)9-14(15)7-11/h10-15H,4-9,17H2,1H3,(H,18,19)/t10-,11?,12?,13?,14?,15?/m1/s1. The topological polar surface area (TPSA) is 64.3 Å². The Morgan fingerprint density at radius 1 is 1.25 bits per heavy atom. The maximum Gasteiger partial charge on any atom is 0.408 e. The number of nitrogens with one attached hydrogen (secondary N) is 1. The third-order valence-corrected chi connectivity index (χ3v) is 5.14. The molecule has 0 saturated heterocycles. The van der Waals surface area contributed by atoms with Crippen molar-refractivity contribution in [2.24, 2.45) is 29.4 Å². The van der Waals surface area contributed by atoms with Gasteiger partial charge >= 0.3 is 6.09 Å². The van der Waals surface area contributed by atoms with Crippen molar-refractivity contribution in [3.63, 3.8) is 0 Å². The van der Waals surface area contributed by atoms with Gasteiger partial charge < -0.3 is 15.8 Å². The Labute approximate surface area is 120 Å². The van der Waals surface area contributed by atoms with Gasteiger partial charge in [-0.2, -0.15) is 0 Å². The molecule has 4 fully saturated rings. The molecule has 4 heteroatoms. The van der Waals surface area contributed by atoms with E-state index in [9.17, 15) is 4.79 Å². The molecule has 4 saturated carbocycles. The first-order valence-corrected chi connectivity index (χ1v) is 7.81. The fraction of sp³-hybridized carbons (Fsp3) is 0.812. The number of carbonyl (C=O) groups excluding carboxylic acids is 1. The number of rotatable bonds is 2. The van der Waals surface area contributed by atoms with E-state index in [4.69, 9.17) is 10.5 Å². The Morgan fingerprint density at radius 2 is 1.85 bits per heavy atom. The van der Waals surface area contributed by atoms with Crippen molar-refractivity contribution in [2.45, 2.75) is 51.2 Å². The van der Waals surface area contributed by atoms with Crippen LogP contribution in [0, 0.1) is 35.5 Å². The van der Waals surface area contributed by atoms with Crippen LogP contribution in [0.2, 0.25) is 0 Å². The van der Waals surface area contributed by atoms with Crippen LogP contribution in [0.1, 0.15) is 39.0 Å².